The highest BCUT2D eigenvalue weighted by molar-refractivity contribution is 6.05. The third-order valence-corrected chi connectivity index (χ3v) is 7.74. The Morgan fingerprint density at radius 2 is 1.92 bits per heavy atom. The zero-order valence-corrected chi connectivity index (χ0v) is 14.3. The summed E-state index contributed by atoms with van der Waals surface area (Å²) in [6.45, 7) is 2.13. The maximum atomic E-state index is 12.9. The third kappa shape index (κ3) is 1.83. The van der Waals surface area contributed by atoms with Gasteiger partial charge < -0.3 is 0 Å². The van der Waals surface area contributed by atoms with E-state index in [0.717, 1.165) is 37.7 Å². The summed E-state index contributed by atoms with van der Waals surface area (Å²) in [6.07, 6.45) is 13.4. The Balaban J connectivity index is 1.79. The second-order valence-electron chi connectivity index (χ2n) is 8.41. The van der Waals surface area contributed by atoms with Crippen LogP contribution in [0.15, 0.2) is 11.6 Å². The quantitative estimate of drug-likeness (QED) is 0.549. The van der Waals surface area contributed by atoms with E-state index in [9.17, 15) is 14.4 Å². The Hall–Kier alpha value is -1.69. The highest BCUT2D eigenvalue weighted by atomic mass is 16.1. The molecule has 0 aromatic heterocycles. The van der Waals surface area contributed by atoms with E-state index in [1.165, 1.54) is 0 Å². The Kier molecular flexibility index (Phi) is 3.39. The summed E-state index contributed by atoms with van der Waals surface area (Å²) >= 11 is 0. The standard InChI is InChI=1S/C21H24O3/c1-3-18(23)21-11-8-14(22)12-13(21)4-5-15-16-6-7-19(24)20(16,2)10-9-17(15)21/h1,12,15-17H,4-11H2,2H3/t15-,16-,17-,20-,21+/m0/s1. The number of hydrogen-bond acceptors (Lipinski definition) is 3. The van der Waals surface area contributed by atoms with Crippen LogP contribution >= 0.6 is 0 Å². The van der Waals surface area contributed by atoms with Gasteiger partial charge in [0.05, 0.1) is 5.41 Å². The molecule has 3 heteroatoms. The zero-order chi connectivity index (χ0) is 17.1. The van der Waals surface area contributed by atoms with Crippen LogP contribution < -0.4 is 0 Å². The average molecular weight is 324 g/mol. The smallest absolute Gasteiger partial charge is 0.215 e. The molecule has 0 aromatic carbocycles. The van der Waals surface area contributed by atoms with E-state index in [0.29, 0.717) is 36.9 Å². The van der Waals surface area contributed by atoms with E-state index in [-0.39, 0.29) is 22.9 Å². The molecule has 4 aliphatic carbocycles. The van der Waals surface area contributed by atoms with Crippen LogP contribution in [-0.4, -0.2) is 17.3 Å². The lowest BCUT2D eigenvalue weighted by Gasteiger charge is -2.56. The number of carbonyl (C=O) groups is 3. The van der Waals surface area contributed by atoms with E-state index in [1.54, 1.807) is 6.08 Å². The summed E-state index contributed by atoms with van der Waals surface area (Å²) in [5.41, 5.74) is 0.155. The monoisotopic (exact) mass is 324 g/mol. The number of allylic oxidation sites excluding steroid dienone is 1. The highest BCUT2D eigenvalue weighted by Crippen LogP contribution is 2.64. The maximum Gasteiger partial charge on any atom is 0.215 e. The van der Waals surface area contributed by atoms with Gasteiger partial charge >= 0.3 is 0 Å². The summed E-state index contributed by atoms with van der Waals surface area (Å²) < 4.78 is 0. The molecule has 0 unspecified atom stereocenters. The Morgan fingerprint density at radius 1 is 1.12 bits per heavy atom. The van der Waals surface area contributed by atoms with Gasteiger partial charge in [0.15, 0.2) is 5.78 Å². The van der Waals surface area contributed by atoms with Gasteiger partial charge in [-0.25, -0.2) is 0 Å². The average Bonchev–Trinajstić information content (AvgIpc) is 2.89. The fourth-order valence-corrected chi connectivity index (χ4v) is 6.55. The molecule has 3 fully saturated rings. The Bertz CT molecular complexity index is 709. The summed E-state index contributed by atoms with van der Waals surface area (Å²) in [5, 5.41) is 0. The molecule has 0 N–H and O–H groups in total. The number of terminal acetylenes is 1. The van der Waals surface area contributed by atoms with Crippen molar-refractivity contribution >= 4 is 17.3 Å². The van der Waals surface area contributed by atoms with Crippen LogP contribution in [-0.2, 0) is 14.4 Å². The van der Waals surface area contributed by atoms with Crippen molar-refractivity contribution < 1.29 is 14.4 Å². The van der Waals surface area contributed by atoms with Gasteiger partial charge in [-0.3, -0.25) is 14.4 Å². The van der Waals surface area contributed by atoms with E-state index in [2.05, 4.69) is 12.8 Å². The summed E-state index contributed by atoms with van der Waals surface area (Å²) in [5.74, 6) is 3.76. The van der Waals surface area contributed by atoms with Crippen molar-refractivity contribution in [2.75, 3.05) is 0 Å². The minimum Gasteiger partial charge on any atom is -0.299 e. The molecule has 4 aliphatic rings. The lowest BCUT2D eigenvalue weighted by atomic mass is 9.46. The number of Topliss-reactive ketones (excluding diaryl/α,β-unsaturated/α-hetero) is 2. The molecule has 3 nitrogen and oxygen atoms in total. The summed E-state index contributed by atoms with van der Waals surface area (Å²) in [4.78, 5) is 37.2. The Labute approximate surface area is 143 Å². The predicted molar refractivity (Wildman–Crippen MR) is 89.9 cm³/mol. The van der Waals surface area contributed by atoms with Crippen molar-refractivity contribution in [3.05, 3.63) is 11.6 Å². The summed E-state index contributed by atoms with van der Waals surface area (Å²) in [6, 6.07) is 0. The van der Waals surface area contributed by atoms with Crippen molar-refractivity contribution in [3.8, 4) is 12.3 Å². The first-order valence-corrected chi connectivity index (χ1v) is 9.21. The second-order valence-corrected chi connectivity index (χ2v) is 8.41. The van der Waals surface area contributed by atoms with Crippen molar-refractivity contribution in [2.24, 2.45) is 28.6 Å². The van der Waals surface area contributed by atoms with Gasteiger partial charge in [0.1, 0.15) is 5.78 Å². The fraction of sp³-hybridized carbons (Fsp3) is 0.667. The normalized spacial score (nSPS) is 44.0. The van der Waals surface area contributed by atoms with Crippen LogP contribution in [0.5, 0.6) is 0 Å². The highest BCUT2D eigenvalue weighted by Gasteiger charge is 2.62. The molecule has 3 saturated carbocycles. The maximum absolute atomic E-state index is 12.9. The zero-order valence-electron chi connectivity index (χ0n) is 14.3. The van der Waals surface area contributed by atoms with Gasteiger partial charge in [-0.2, -0.15) is 0 Å². The van der Waals surface area contributed by atoms with Crippen LogP contribution in [0, 0.1) is 40.9 Å². The molecular formula is C21H24O3. The van der Waals surface area contributed by atoms with Crippen LogP contribution in [0.1, 0.15) is 58.3 Å². The van der Waals surface area contributed by atoms with Gasteiger partial charge in [0, 0.05) is 18.3 Å². The largest absolute Gasteiger partial charge is 0.299 e. The molecule has 0 heterocycles. The van der Waals surface area contributed by atoms with E-state index >= 15 is 0 Å². The molecule has 24 heavy (non-hydrogen) atoms. The minimum absolute atomic E-state index is 0.126. The number of fused-ring (bicyclic) bond motifs is 5. The van der Waals surface area contributed by atoms with Crippen LogP contribution in [0.4, 0.5) is 0 Å². The first-order valence-electron chi connectivity index (χ1n) is 9.21. The van der Waals surface area contributed by atoms with E-state index < -0.39 is 5.41 Å². The minimum atomic E-state index is -0.626. The second kappa shape index (κ2) is 5.15. The molecule has 4 rings (SSSR count). The van der Waals surface area contributed by atoms with Crippen LogP contribution in [0.2, 0.25) is 0 Å². The van der Waals surface area contributed by atoms with E-state index in [1.807, 2.05) is 0 Å². The van der Waals surface area contributed by atoms with Crippen molar-refractivity contribution in [1.82, 2.24) is 0 Å². The van der Waals surface area contributed by atoms with Crippen LogP contribution in [0.25, 0.3) is 0 Å². The third-order valence-electron chi connectivity index (χ3n) is 7.74. The van der Waals surface area contributed by atoms with Crippen molar-refractivity contribution in [2.45, 2.75) is 58.3 Å². The van der Waals surface area contributed by atoms with Gasteiger partial charge in [-0.1, -0.05) is 12.5 Å². The molecule has 0 spiro atoms. The number of rotatable bonds is 1. The molecule has 0 saturated heterocycles. The Morgan fingerprint density at radius 3 is 2.67 bits per heavy atom. The lowest BCUT2D eigenvalue weighted by molar-refractivity contribution is -0.138. The molecule has 0 bridgehead atoms. The van der Waals surface area contributed by atoms with E-state index in [4.69, 9.17) is 6.42 Å². The lowest BCUT2D eigenvalue weighted by Crippen LogP contribution is -2.54. The molecule has 0 aliphatic heterocycles. The van der Waals surface area contributed by atoms with Crippen molar-refractivity contribution in [1.29, 1.82) is 0 Å². The fourth-order valence-electron chi connectivity index (χ4n) is 6.55. The molecule has 126 valence electrons. The molecule has 0 amide bonds. The number of carbonyl (C=O) groups excluding carboxylic acids is 3. The first kappa shape index (κ1) is 15.8. The predicted octanol–water partition coefficient (Wildman–Crippen LogP) is 3.27. The first-order chi connectivity index (χ1) is 11.4. The molecular weight excluding hydrogens is 300 g/mol. The number of hydrogen-bond donors (Lipinski definition) is 0. The SMILES string of the molecule is C#CC(=O)[C@]12CCC(=O)C=C1CC[C@@H]1[C@@H]2CC[C@]2(C)C(=O)CC[C@@H]12. The van der Waals surface area contributed by atoms with Crippen LogP contribution in [0.3, 0.4) is 0 Å². The molecule has 0 aromatic rings. The topological polar surface area (TPSA) is 51.2 Å². The molecule has 0 radical (unpaired) electrons. The van der Waals surface area contributed by atoms with Crippen molar-refractivity contribution in [3.63, 3.8) is 0 Å². The number of ketones is 3. The van der Waals surface area contributed by atoms with Gasteiger partial charge in [-0.05, 0) is 68.3 Å². The van der Waals surface area contributed by atoms with Gasteiger partial charge in [0.2, 0.25) is 5.78 Å². The summed E-state index contributed by atoms with van der Waals surface area (Å²) in [7, 11) is 0. The molecule has 5 atom stereocenters. The van der Waals surface area contributed by atoms with Gasteiger partial charge in [0.25, 0.3) is 0 Å². The van der Waals surface area contributed by atoms with Gasteiger partial charge in [-0.15, -0.1) is 6.42 Å².